The molecular formula is C12H22O2. The summed E-state index contributed by atoms with van der Waals surface area (Å²) in [6.07, 6.45) is 4.56. The number of carbonyl (C=O) groups is 1. The highest BCUT2D eigenvalue weighted by molar-refractivity contribution is 5.81. The molecule has 2 atom stereocenters. The Labute approximate surface area is 87.0 Å². The third-order valence-corrected chi connectivity index (χ3v) is 3.29. The van der Waals surface area contributed by atoms with Crippen LogP contribution in [0.2, 0.25) is 0 Å². The Morgan fingerprint density at radius 2 is 2.21 bits per heavy atom. The Morgan fingerprint density at radius 1 is 1.50 bits per heavy atom. The molecule has 1 heterocycles. The van der Waals surface area contributed by atoms with Gasteiger partial charge in [-0.3, -0.25) is 4.79 Å². The fourth-order valence-electron chi connectivity index (χ4n) is 2.10. The Hall–Kier alpha value is -0.370. The monoisotopic (exact) mass is 198 g/mol. The van der Waals surface area contributed by atoms with Crippen LogP contribution >= 0.6 is 0 Å². The topological polar surface area (TPSA) is 26.3 Å². The fourth-order valence-corrected chi connectivity index (χ4v) is 2.10. The number of hydrogen-bond acceptors (Lipinski definition) is 2. The van der Waals surface area contributed by atoms with Crippen LogP contribution in [-0.2, 0) is 9.53 Å². The van der Waals surface area contributed by atoms with E-state index in [0.29, 0.717) is 5.78 Å². The molecule has 0 saturated carbocycles. The number of Topliss-reactive ketones (excluding diaryl/α,β-unsaturated/α-hetero) is 1. The lowest BCUT2D eigenvalue weighted by Gasteiger charge is -2.37. The van der Waals surface area contributed by atoms with E-state index in [-0.39, 0.29) is 11.5 Å². The molecule has 0 amide bonds. The summed E-state index contributed by atoms with van der Waals surface area (Å²) in [4.78, 5) is 11.7. The average Bonchev–Trinajstić information content (AvgIpc) is 2.18. The quantitative estimate of drug-likeness (QED) is 0.694. The predicted molar refractivity (Wildman–Crippen MR) is 57.3 cm³/mol. The van der Waals surface area contributed by atoms with E-state index in [4.69, 9.17) is 4.74 Å². The van der Waals surface area contributed by atoms with Crippen LogP contribution < -0.4 is 0 Å². The van der Waals surface area contributed by atoms with Crippen LogP contribution in [-0.4, -0.2) is 18.0 Å². The van der Waals surface area contributed by atoms with Gasteiger partial charge in [0.15, 0.2) is 0 Å². The first-order valence-corrected chi connectivity index (χ1v) is 5.78. The molecule has 14 heavy (non-hydrogen) atoms. The normalized spacial score (nSPS) is 32.9. The van der Waals surface area contributed by atoms with Crippen molar-refractivity contribution in [3.05, 3.63) is 0 Å². The van der Waals surface area contributed by atoms with Gasteiger partial charge in [-0.05, 0) is 32.6 Å². The van der Waals surface area contributed by atoms with Crippen LogP contribution in [0.4, 0.5) is 0 Å². The molecule has 1 aliphatic rings. The largest absolute Gasteiger partial charge is 0.375 e. The average molecular weight is 198 g/mol. The second-order valence-corrected chi connectivity index (χ2v) is 4.56. The minimum absolute atomic E-state index is 0.0493. The van der Waals surface area contributed by atoms with Crippen molar-refractivity contribution in [3.8, 4) is 0 Å². The number of ketones is 1. The fraction of sp³-hybridized carbons (Fsp3) is 0.917. The van der Waals surface area contributed by atoms with Gasteiger partial charge in [0, 0.05) is 18.9 Å². The van der Waals surface area contributed by atoms with Gasteiger partial charge in [-0.15, -0.1) is 0 Å². The van der Waals surface area contributed by atoms with Crippen molar-refractivity contribution in [2.45, 2.75) is 58.5 Å². The van der Waals surface area contributed by atoms with Crippen molar-refractivity contribution < 1.29 is 9.53 Å². The van der Waals surface area contributed by atoms with Crippen molar-refractivity contribution in [1.82, 2.24) is 0 Å². The molecule has 1 fully saturated rings. The summed E-state index contributed by atoms with van der Waals surface area (Å²) in [5.41, 5.74) is -0.0493. The molecule has 0 aromatic carbocycles. The Bertz CT molecular complexity index is 200. The van der Waals surface area contributed by atoms with Crippen LogP contribution in [0.1, 0.15) is 52.9 Å². The number of hydrogen-bond donors (Lipinski definition) is 0. The highest BCUT2D eigenvalue weighted by Crippen LogP contribution is 2.32. The maximum atomic E-state index is 11.7. The second kappa shape index (κ2) is 4.92. The van der Waals surface area contributed by atoms with Gasteiger partial charge in [-0.1, -0.05) is 13.8 Å². The van der Waals surface area contributed by atoms with E-state index >= 15 is 0 Å². The Balaban J connectivity index is 2.51. The van der Waals surface area contributed by atoms with Gasteiger partial charge in [0.05, 0.1) is 5.60 Å². The maximum absolute atomic E-state index is 11.7. The zero-order valence-electron chi connectivity index (χ0n) is 9.64. The molecule has 1 rings (SSSR count). The van der Waals surface area contributed by atoms with Crippen molar-refractivity contribution in [1.29, 1.82) is 0 Å². The molecule has 0 unspecified atom stereocenters. The zero-order valence-corrected chi connectivity index (χ0v) is 9.64. The van der Waals surface area contributed by atoms with Gasteiger partial charge in [0.25, 0.3) is 0 Å². The summed E-state index contributed by atoms with van der Waals surface area (Å²) >= 11 is 0. The highest BCUT2D eigenvalue weighted by atomic mass is 16.5. The summed E-state index contributed by atoms with van der Waals surface area (Å²) in [6, 6.07) is 0. The van der Waals surface area contributed by atoms with E-state index in [1.807, 2.05) is 0 Å². The molecule has 2 nitrogen and oxygen atoms in total. The Kier molecular flexibility index (Phi) is 4.11. The molecule has 1 saturated heterocycles. The van der Waals surface area contributed by atoms with Gasteiger partial charge in [-0.25, -0.2) is 0 Å². The molecule has 0 N–H and O–H groups in total. The molecule has 82 valence electrons. The lowest BCUT2D eigenvalue weighted by molar-refractivity contribution is -0.135. The van der Waals surface area contributed by atoms with Gasteiger partial charge in [0.1, 0.15) is 5.78 Å². The first kappa shape index (κ1) is 11.7. The lowest BCUT2D eigenvalue weighted by Crippen LogP contribution is -2.39. The van der Waals surface area contributed by atoms with Crippen molar-refractivity contribution in [2.75, 3.05) is 6.61 Å². The molecule has 0 aromatic heterocycles. The summed E-state index contributed by atoms with van der Waals surface area (Å²) in [7, 11) is 0. The summed E-state index contributed by atoms with van der Waals surface area (Å²) in [5.74, 6) is 0.698. The van der Waals surface area contributed by atoms with Gasteiger partial charge < -0.3 is 4.74 Å². The van der Waals surface area contributed by atoms with E-state index in [1.54, 1.807) is 0 Å². The van der Waals surface area contributed by atoms with E-state index < -0.39 is 0 Å². The van der Waals surface area contributed by atoms with Crippen LogP contribution in [0.15, 0.2) is 0 Å². The summed E-state index contributed by atoms with van der Waals surface area (Å²) < 4.78 is 5.72. The molecule has 0 bridgehead atoms. The smallest absolute Gasteiger partial charge is 0.136 e. The summed E-state index contributed by atoms with van der Waals surface area (Å²) in [6.45, 7) is 7.08. The highest BCUT2D eigenvalue weighted by Gasteiger charge is 2.34. The van der Waals surface area contributed by atoms with Crippen molar-refractivity contribution in [3.63, 3.8) is 0 Å². The summed E-state index contributed by atoms with van der Waals surface area (Å²) in [5, 5.41) is 0. The number of carbonyl (C=O) groups excluding carboxylic acids is 1. The Morgan fingerprint density at radius 3 is 2.79 bits per heavy atom. The van der Waals surface area contributed by atoms with Gasteiger partial charge in [0.2, 0.25) is 0 Å². The zero-order chi connectivity index (χ0) is 10.6. The molecule has 0 aliphatic carbocycles. The van der Waals surface area contributed by atoms with E-state index in [2.05, 4.69) is 20.8 Å². The van der Waals surface area contributed by atoms with Gasteiger partial charge in [-0.2, -0.15) is 0 Å². The van der Waals surface area contributed by atoms with Crippen LogP contribution in [0.3, 0.4) is 0 Å². The standard InChI is InChI=1S/C12H22O2/c1-4-6-11(13)10-7-8-14-12(3,5-2)9-10/h10H,4-9H2,1-3H3/t10-,12-/m0/s1. The molecule has 2 heteroatoms. The van der Waals surface area contributed by atoms with Crippen molar-refractivity contribution in [2.24, 2.45) is 5.92 Å². The van der Waals surface area contributed by atoms with E-state index in [9.17, 15) is 4.79 Å². The second-order valence-electron chi connectivity index (χ2n) is 4.56. The third kappa shape index (κ3) is 2.81. The third-order valence-electron chi connectivity index (χ3n) is 3.29. The number of ether oxygens (including phenoxy) is 1. The lowest BCUT2D eigenvalue weighted by atomic mass is 9.82. The van der Waals surface area contributed by atoms with Crippen LogP contribution in [0, 0.1) is 5.92 Å². The molecule has 0 radical (unpaired) electrons. The minimum atomic E-state index is -0.0493. The van der Waals surface area contributed by atoms with Crippen molar-refractivity contribution >= 4 is 5.78 Å². The van der Waals surface area contributed by atoms with E-state index in [1.165, 1.54) is 0 Å². The van der Waals surface area contributed by atoms with E-state index in [0.717, 1.165) is 38.7 Å². The minimum Gasteiger partial charge on any atom is -0.375 e. The maximum Gasteiger partial charge on any atom is 0.136 e. The molecule has 1 aliphatic heterocycles. The SMILES string of the molecule is CCCC(=O)[C@H]1CCO[C@@](C)(CC)C1. The number of rotatable bonds is 4. The molecule has 0 aromatic rings. The van der Waals surface area contributed by atoms with Crippen LogP contribution in [0.5, 0.6) is 0 Å². The molecular weight excluding hydrogens is 176 g/mol. The first-order valence-electron chi connectivity index (χ1n) is 5.78. The molecule has 0 spiro atoms. The van der Waals surface area contributed by atoms with Crippen LogP contribution in [0.25, 0.3) is 0 Å². The van der Waals surface area contributed by atoms with Gasteiger partial charge >= 0.3 is 0 Å². The predicted octanol–water partition coefficient (Wildman–Crippen LogP) is 2.95. The first-order chi connectivity index (χ1) is 6.61.